The van der Waals surface area contributed by atoms with Crippen LogP contribution in [0.15, 0.2) is 0 Å². The van der Waals surface area contributed by atoms with E-state index in [0.29, 0.717) is 13.5 Å². The van der Waals surface area contributed by atoms with Gasteiger partial charge >= 0.3 is 0 Å². The van der Waals surface area contributed by atoms with E-state index in [1.54, 1.807) is 0 Å². The summed E-state index contributed by atoms with van der Waals surface area (Å²) in [5, 5.41) is 8.85. The maximum atomic E-state index is 5.75. The summed E-state index contributed by atoms with van der Waals surface area (Å²) < 4.78 is 11.5. The van der Waals surface area contributed by atoms with Crippen molar-refractivity contribution >= 4 is 25.7 Å². The molecule has 0 atom stereocenters. The molecular formula is C9H20BN2SU-2. The van der Waals surface area contributed by atoms with Crippen molar-refractivity contribution in [3.63, 3.8) is 0 Å². The molecule has 0 aliphatic rings. The maximum absolute atomic E-state index is 5.75. The molecule has 0 N–H and O–H groups in total. The Kier molecular flexibility index (Phi) is 17.2. The minimum atomic E-state index is 0. The van der Waals surface area contributed by atoms with E-state index in [1.807, 2.05) is 0 Å². The molecule has 0 aromatic carbocycles. The molecule has 0 amide bonds. The normalized spacial score (nSPS) is 9.29. The van der Waals surface area contributed by atoms with Crippen LogP contribution in [0.4, 0.5) is 0 Å². The van der Waals surface area contributed by atoms with Crippen molar-refractivity contribution in [2.45, 2.75) is 39.5 Å². The zero-order valence-electron chi connectivity index (χ0n) is 11.1. The summed E-state index contributed by atoms with van der Waals surface area (Å²) in [5.41, 5.74) is 0. The van der Waals surface area contributed by atoms with Crippen LogP contribution in [-0.2, 0) is 0 Å². The summed E-state index contributed by atoms with van der Waals surface area (Å²) in [5.74, 6) is 0. The predicted octanol–water partition coefficient (Wildman–Crippen LogP) is 2.70. The maximum Gasteiger partial charge on any atom is 0.0643 e. The Morgan fingerprint density at radius 1 is 1.36 bits per heavy atom. The van der Waals surface area contributed by atoms with Crippen LogP contribution in [-0.4, -0.2) is 29.2 Å². The van der Waals surface area contributed by atoms with Gasteiger partial charge in [0, 0.05) is 31.1 Å². The molecule has 0 aromatic rings. The second kappa shape index (κ2) is 16.2. The third-order valence-corrected chi connectivity index (χ3v) is 1.78. The molecule has 0 saturated heterocycles. The molecule has 14 heavy (non-hydrogen) atoms. The molecule has 5 heteroatoms. The first-order chi connectivity index (χ1) is 7.22. The van der Waals surface area contributed by atoms with Gasteiger partial charge in [0.1, 0.15) is 0 Å². The molecule has 0 unspecified atom stereocenters. The van der Waals surface area contributed by atoms with Gasteiger partial charge in [-0.3, -0.25) is 0 Å². The van der Waals surface area contributed by atoms with Gasteiger partial charge < -0.3 is 10.6 Å². The van der Waals surface area contributed by atoms with Crippen LogP contribution >= 0.6 is 12.2 Å². The van der Waals surface area contributed by atoms with Crippen molar-refractivity contribution in [1.29, 1.82) is 2.67 Å². The van der Waals surface area contributed by atoms with E-state index in [4.69, 9.17) is 14.9 Å². The smallest absolute Gasteiger partial charge is 0.0643 e. The van der Waals surface area contributed by atoms with Gasteiger partial charge in [0.2, 0.25) is 0 Å². The van der Waals surface area contributed by atoms with E-state index in [2.05, 4.69) is 24.5 Å². The summed E-state index contributed by atoms with van der Waals surface area (Å²) in [6.07, 6.45) is 4.56. The number of thiocarbonyl (C=S) groups is 1. The van der Waals surface area contributed by atoms with Gasteiger partial charge in [-0.2, -0.15) is 5.11 Å². The standard InChI is InChI=1S/C9H19N2S.BH2.U/c1-3-5-7-10-9(12)11-8-6-4-2;;/h3-8H2,1-2H3,(H-,10,11,12);1H2;/q-1;;/p-1/i;1TD;. The minimum absolute atomic E-state index is 0. The number of rotatable bonds is 6. The molecule has 0 saturated carbocycles. The van der Waals surface area contributed by atoms with E-state index in [-0.39, 0.29) is 31.1 Å². The molecule has 0 rings (SSSR count). The summed E-state index contributed by atoms with van der Waals surface area (Å²) in [6.45, 7) is 5.97. The first kappa shape index (κ1) is 14.8. The third kappa shape index (κ3) is 15.3. The van der Waals surface area contributed by atoms with Crippen LogP contribution < -0.4 is 0 Å². The van der Waals surface area contributed by atoms with Crippen LogP contribution in [0, 0.1) is 31.1 Å². The average Bonchev–Trinajstić information content (AvgIpc) is 2.20. The third-order valence-electron chi connectivity index (χ3n) is 1.52. The average molecular weight is 440 g/mol. The van der Waals surface area contributed by atoms with Gasteiger partial charge in [0.05, 0.1) is 8.34 Å². The molecule has 0 aliphatic carbocycles. The predicted molar refractivity (Wildman–Crippen MR) is 67.4 cm³/mol. The van der Waals surface area contributed by atoms with E-state index >= 15 is 0 Å². The Labute approximate surface area is 122 Å². The van der Waals surface area contributed by atoms with Crippen LogP contribution in [0.5, 0.6) is 0 Å². The summed E-state index contributed by atoms with van der Waals surface area (Å²) in [7, 11) is 0.500. The van der Waals surface area contributed by atoms with Crippen molar-refractivity contribution in [2.75, 3.05) is 13.1 Å². The topological polar surface area (TPSA) is 28.2 Å². The Morgan fingerprint density at radius 2 is 1.71 bits per heavy atom. The summed E-state index contributed by atoms with van der Waals surface area (Å²) in [4.78, 5) is 0. The molecule has 2 nitrogen and oxygen atoms in total. The number of hydrogen-bond acceptors (Lipinski definition) is 1. The van der Waals surface area contributed by atoms with Crippen LogP contribution in [0.3, 0.4) is 0 Å². The van der Waals surface area contributed by atoms with E-state index in [0.717, 1.165) is 25.9 Å². The molecule has 0 aliphatic heterocycles. The van der Waals surface area contributed by atoms with Crippen molar-refractivity contribution in [2.24, 2.45) is 0 Å². The number of hydrogen-bond donors (Lipinski definition) is 0. The van der Waals surface area contributed by atoms with Crippen LogP contribution in [0.1, 0.15) is 39.5 Å². The zero-order chi connectivity index (χ0) is 11.9. The van der Waals surface area contributed by atoms with Crippen molar-refractivity contribution < 1.29 is 31.1 Å². The molecule has 0 aromatic heterocycles. The van der Waals surface area contributed by atoms with Gasteiger partial charge in [-0.25, -0.2) is 0 Å². The van der Waals surface area contributed by atoms with Gasteiger partial charge in [-0.1, -0.05) is 39.5 Å². The summed E-state index contributed by atoms with van der Waals surface area (Å²) in [6, 6.07) is 0. The second-order valence-corrected chi connectivity index (χ2v) is 3.12. The van der Waals surface area contributed by atoms with Crippen molar-refractivity contribution in [1.82, 2.24) is 0 Å². The van der Waals surface area contributed by atoms with Gasteiger partial charge in [0.25, 0.3) is 0 Å². The van der Waals surface area contributed by atoms with Crippen LogP contribution in [0.25, 0.3) is 10.6 Å². The quantitative estimate of drug-likeness (QED) is 0.355. The van der Waals surface area contributed by atoms with Gasteiger partial charge in [0.15, 0.2) is 0 Å². The van der Waals surface area contributed by atoms with Crippen molar-refractivity contribution in [3.05, 3.63) is 10.6 Å². The Bertz CT molecular complexity index is 133. The monoisotopic (exact) mass is 440 g/mol. The Hall–Kier alpha value is 0.807. The molecular weight excluding hydrogens is 417 g/mol. The SMILES string of the molecule is CCCC[N-]C(=S)[N-]CCCC.[2H][B][3H].[U]. The largest absolute Gasteiger partial charge is 0.695 e. The summed E-state index contributed by atoms with van der Waals surface area (Å²) >= 11 is 4.95. The number of unbranched alkanes of at least 4 members (excludes halogenated alkanes) is 2. The fourth-order valence-corrected chi connectivity index (χ4v) is 0.898. The Morgan fingerprint density at radius 3 is 2.00 bits per heavy atom. The minimum Gasteiger partial charge on any atom is -0.695 e. The van der Waals surface area contributed by atoms with Gasteiger partial charge in [-0.15, -0.1) is 25.3 Å². The first-order valence-electron chi connectivity index (χ1n) is 5.85. The molecule has 0 spiro atoms. The van der Waals surface area contributed by atoms with E-state index < -0.39 is 0 Å². The van der Waals surface area contributed by atoms with Gasteiger partial charge in [-0.05, 0) is 2.67 Å². The molecule has 0 heterocycles. The first-order valence-corrected chi connectivity index (χ1v) is 5.11. The molecule has 0 bridgehead atoms. The van der Waals surface area contributed by atoms with Crippen LogP contribution in [0.2, 0.25) is 0 Å². The van der Waals surface area contributed by atoms with E-state index in [9.17, 15) is 0 Å². The molecule has 0 fully saturated rings. The zero-order valence-corrected chi connectivity index (χ0v) is 14.1. The fourth-order valence-electron chi connectivity index (χ4n) is 0.716. The van der Waals surface area contributed by atoms with E-state index in [1.165, 1.54) is 12.8 Å². The molecule has 81 valence electrons. The molecule has 1 radical (unpaired) electrons. The second-order valence-electron chi connectivity index (χ2n) is 2.75. The van der Waals surface area contributed by atoms with Crippen molar-refractivity contribution in [3.8, 4) is 0 Å². The fraction of sp³-hybridized carbons (Fsp3) is 0.889. The number of nitrogens with zero attached hydrogens (tertiary/aromatic N) is 2. The Balaban J connectivity index is -0.000000377.